The van der Waals surface area contributed by atoms with Gasteiger partial charge in [-0.05, 0) is 17.5 Å². The molecule has 0 bridgehead atoms. The van der Waals surface area contributed by atoms with Gasteiger partial charge in [-0.2, -0.15) is 0 Å². The van der Waals surface area contributed by atoms with Crippen molar-refractivity contribution in [2.24, 2.45) is 11.1 Å². The summed E-state index contributed by atoms with van der Waals surface area (Å²) in [7, 11) is 1.71. The zero-order valence-electron chi connectivity index (χ0n) is 9.99. The maximum atomic E-state index is 6.12. The van der Waals surface area contributed by atoms with Gasteiger partial charge in [-0.3, -0.25) is 0 Å². The lowest BCUT2D eigenvalue weighted by Gasteiger charge is -2.33. The molecule has 0 radical (unpaired) electrons. The lowest BCUT2D eigenvalue weighted by molar-refractivity contribution is -0.00261. The zero-order valence-corrected chi connectivity index (χ0v) is 9.99. The number of nitrogens with two attached hydrogens (primary N) is 1. The van der Waals surface area contributed by atoms with Crippen LogP contribution in [0.3, 0.4) is 0 Å². The third-order valence-corrected chi connectivity index (χ3v) is 2.51. The molecule has 0 aliphatic carbocycles. The Morgan fingerprint density at radius 2 is 2.13 bits per heavy atom. The van der Waals surface area contributed by atoms with Crippen LogP contribution in [0.1, 0.15) is 26.5 Å². The first-order chi connectivity index (χ1) is 6.95. The van der Waals surface area contributed by atoms with E-state index in [-0.39, 0.29) is 17.6 Å². The van der Waals surface area contributed by atoms with E-state index in [2.05, 4.69) is 20.8 Å². The molecule has 1 aromatic heterocycles. The van der Waals surface area contributed by atoms with Crippen LogP contribution in [0.5, 0.6) is 0 Å². The summed E-state index contributed by atoms with van der Waals surface area (Å²) < 4.78 is 10.7. The van der Waals surface area contributed by atoms with Crippen LogP contribution in [-0.4, -0.2) is 19.3 Å². The normalized spacial score (nSPS) is 16.3. The molecule has 3 nitrogen and oxygen atoms in total. The van der Waals surface area contributed by atoms with Crippen molar-refractivity contribution in [1.29, 1.82) is 0 Å². The van der Waals surface area contributed by atoms with Crippen LogP contribution in [0.4, 0.5) is 0 Å². The molecule has 0 saturated carbocycles. The number of rotatable bonds is 4. The average Bonchev–Trinajstić information content (AvgIpc) is 2.54. The Morgan fingerprint density at radius 1 is 1.47 bits per heavy atom. The van der Waals surface area contributed by atoms with E-state index in [0.29, 0.717) is 6.42 Å². The summed E-state index contributed by atoms with van der Waals surface area (Å²) in [6.45, 7) is 6.38. The molecule has 0 aliphatic rings. The van der Waals surface area contributed by atoms with Gasteiger partial charge in [0.15, 0.2) is 0 Å². The highest BCUT2D eigenvalue weighted by Crippen LogP contribution is 2.25. The van der Waals surface area contributed by atoms with Crippen molar-refractivity contribution in [2.45, 2.75) is 39.3 Å². The van der Waals surface area contributed by atoms with Gasteiger partial charge in [0.05, 0.1) is 12.4 Å². The molecule has 2 atom stereocenters. The highest BCUT2D eigenvalue weighted by atomic mass is 16.5. The SMILES string of the molecule is COC(C(N)Cc1ccco1)C(C)(C)C. The molecular formula is C12H21NO2. The van der Waals surface area contributed by atoms with E-state index >= 15 is 0 Å². The van der Waals surface area contributed by atoms with E-state index in [0.717, 1.165) is 5.76 Å². The average molecular weight is 211 g/mol. The van der Waals surface area contributed by atoms with Crippen molar-refractivity contribution >= 4 is 0 Å². The van der Waals surface area contributed by atoms with Crippen LogP contribution in [0.2, 0.25) is 0 Å². The van der Waals surface area contributed by atoms with Gasteiger partial charge in [-0.15, -0.1) is 0 Å². The van der Waals surface area contributed by atoms with Crippen LogP contribution in [0, 0.1) is 5.41 Å². The second-order valence-corrected chi connectivity index (χ2v) is 4.97. The quantitative estimate of drug-likeness (QED) is 0.830. The molecule has 0 saturated heterocycles. The smallest absolute Gasteiger partial charge is 0.105 e. The molecule has 0 aromatic carbocycles. The largest absolute Gasteiger partial charge is 0.469 e. The van der Waals surface area contributed by atoms with Crippen molar-refractivity contribution in [1.82, 2.24) is 0 Å². The molecular weight excluding hydrogens is 190 g/mol. The fourth-order valence-electron chi connectivity index (χ4n) is 1.94. The fraction of sp³-hybridized carbons (Fsp3) is 0.667. The van der Waals surface area contributed by atoms with Gasteiger partial charge >= 0.3 is 0 Å². The van der Waals surface area contributed by atoms with Gasteiger partial charge in [0.2, 0.25) is 0 Å². The lowest BCUT2D eigenvalue weighted by Crippen LogP contribution is -2.45. The molecule has 86 valence electrons. The summed E-state index contributed by atoms with van der Waals surface area (Å²) in [5.74, 6) is 0.911. The molecule has 0 amide bonds. The van der Waals surface area contributed by atoms with Crippen LogP contribution < -0.4 is 5.73 Å². The minimum absolute atomic E-state index is 0.0302. The Morgan fingerprint density at radius 3 is 2.53 bits per heavy atom. The van der Waals surface area contributed by atoms with Crippen LogP contribution in [-0.2, 0) is 11.2 Å². The number of hydrogen-bond acceptors (Lipinski definition) is 3. The summed E-state index contributed by atoms with van der Waals surface area (Å²) in [5, 5.41) is 0. The Kier molecular flexibility index (Phi) is 3.94. The van der Waals surface area contributed by atoms with Gasteiger partial charge in [0.25, 0.3) is 0 Å². The Labute approximate surface area is 91.6 Å². The predicted molar refractivity (Wildman–Crippen MR) is 60.6 cm³/mol. The lowest BCUT2D eigenvalue weighted by atomic mass is 9.83. The summed E-state index contributed by atoms with van der Waals surface area (Å²) in [4.78, 5) is 0. The van der Waals surface area contributed by atoms with E-state index < -0.39 is 0 Å². The second kappa shape index (κ2) is 4.81. The molecule has 15 heavy (non-hydrogen) atoms. The molecule has 0 fully saturated rings. The summed E-state index contributed by atoms with van der Waals surface area (Å²) in [6.07, 6.45) is 2.41. The van der Waals surface area contributed by atoms with E-state index in [9.17, 15) is 0 Å². The van der Waals surface area contributed by atoms with Crippen LogP contribution >= 0.6 is 0 Å². The van der Waals surface area contributed by atoms with Crippen molar-refractivity contribution < 1.29 is 9.15 Å². The van der Waals surface area contributed by atoms with Gasteiger partial charge in [0, 0.05) is 19.6 Å². The molecule has 3 heteroatoms. The molecule has 1 rings (SSSR count). The minimum atomic E-state index is -0.0406. The van der Waals surface area contributed by atoms with Crippen LogP contribution in [0.15, 0.2) is 22.8 Å². The first-order valence-corrected chi connectivity index (χ1v) is 5.26. The van der Waals surface area contributed by atoms with Crippen LogP contribution in [0.25, 0.3) is 0 Å². The third-order valence-electron chi connectivity index (χ3n) is 2.51. The van der Waals surface area contributed by atoms with Gasteiger partial charge in [-0.25, -0.2) is 0 Å². The van der Waals surface area contributed by atoms with E-state index in [1.165, 1.54) is 0 Å². The summed E-state index contributed by atoms with van der Waals surface area (Å²) in [6, 6.07) is 3.78. The molecule has 0 aliphatic heterocycles. The Bertz CT molecular complexity index is 274. The first-order valence-electron chi connectivity index (χ1n) is 5.26. The minimum Gasteiger partial charge on any atom is -0.469 e. The highest BCUT2D eigenvalue weighted by molar-refractivity contribution is 5.02. The van der Waals surface area contributed by atoms with Gasteiger partial charge in [0.1, 0.15) is 5.76 Å². The topological polar surface area (TPSA) is 48.4 Å². The molecule has 2 N–H and O–H groups in total. The fourth-order valence-corrected chi connectivity index (χ4v) is 1.94. The summed E-state index contributed by atoms with van der Waals surface area (Å²) in [5.41, 5.74) is 6.16. The monoisotopic (exact) mass is 211 g/mol. The van der Waals surface area contributed by atoms with Gasteiger partial charge < -0.3 is 14.9 Å². The predicted octanol–water partition coefficient (Wildman–Crippen LogP) is 2.21. The standard InChI is InChI=1S/C12H21NO2/c1-12(2,3)11(14-4)10(13)8-9-6-5-7-15-9/h5-7,10-11H,8,13H2,1-4H3. The van der Waals surface area contributed by atoms with Crippen molar-refractivity contribution in [2.75, 3.05) is 7.11 Å². The van der Waals surface area contributed by atoms with Crippen molar-refractivity contribution in [3.8, 4) is 0 Å². The maximum absolute atomic E-state index is 6.12. The maximum Gasteiger partial charge on any atom is 0.105 e. The molecule has 1 aromatic rings. The Hall–Kier alpha value is -0.800. The first kappa shape index (κ1) is 12.3. The van der Waals surface area contributed by atoms with Gasteiger partial charge in [-0.1, -0.05) is 20.8 Å². The molecule has 1 heterocycles. The Balaban J connectivity index is 2.62. The molecule has 0 spiro atoms. The van der Waals surface area contributed by atoms with E-state index in [1.54, 1.807) is 13.4 Å². The zero-order chi connectivity index (χ0) is 11.5. The van der Waals surface area contributed by atoms with E-state index in [4.69, 9.17) is 14.9 Å². The second-order valence-electron chi connectivity index (χ2n) is 4.97. The highest BCUT2D eigenvalue weighted by Gasteiger charge is 2.30. The van der Waals surface area contributed by atoms with Crippen molar-refractivity contribution in [3.05, 3.63) is 24.2 Å². The third kappa shape index (κ3) is 3.36. The number of methoxy groups -OCH3 is 1. The molecule has 2 unspecified atom stereocenters. The number of ether oxygens (including phenoxy) is 1. The van der Waals surface area contributed by atoms with Crippen molar-refractivity contribution in [3.63, 3.8) is 0 Å². The number of hydrogen-bond donors (Lipinski definition) is 1. The number of furan rings is 1. The van der Waals surface area contributed by atoms with E-state index in [1.807, 2.05) is 12.1 Å². The summed E-state index contributed by atoms with van der Waals surface area (Å²) >= 11 is 0.